The van der Waals surface area contributed by atoms with Gasteiger partial charge < -0.3 is 15.0 Å². The second kappa shape index (κ2) is 7.57. The topological polar surface area (TPSA) is 97.0 Å². The highest BCUT2D eigenvalue weighted by atomic mass is 16.5. The summed E-state index contributed by atoms with van der Waals surface area (Å²) in [4.78, 5) is 35.6. The van der Waals surface area contributed by atoms with Gasteiger partial charge in [-0.05, 0) is 18.6 Å². The molecule has 0 saturated carbocycles. The van der Waals surface area contributed by atoms with Crippen molar-refractivity contribution < 1.29 is 14.3 Å². The highest BCUT2D eigenvalue weighted by Crippen LogP contribution is 2.23. The number of benzene rings is 1. The van der Waals surface area contributed by atoms with Gasteiger partial charge in [0.25, 0.3) is 5.91 Å². The van der Waals surface area contributed by atoms with Crippen LogP contribution in [0.4, 0.5) is 5.69 Å². The van der Waals surface area contributed by atoms with Crippen LogP contribution in [-0.4, -0.2) is 33.4 Å². The Morgan fingerprint density at radius 2 is 2.00 bits per heavy atom. The van der Waals surface area contributed by atoms with E-state index in [1.165, 1.54) is 6.33 Å². The molecule has 0 unspecified atom stereocenters. The summed E-state index contributed by atoms with van der Waals surface area (Å²) in [6.07, 6.45) is 4.60. The maximum absolute atomic E-state index is 12.3. The molecule has 0 aliphatic rings. The summed E-state index contributed by atoms with van der Waals surface area (Å²) in [6.45, 7) is 2.36. The third-order valence-electron chi connectivity index (χ3n) is 3.67. The number of rotatable bonds is 6. The normalized spacial score (nSPS) is 10.6. The van der Waals surface area contributed by atoms with Crippen molar-refractivity contribution in [3.8, 4) is 0 Å². The lowest BCUT2D eigenvalue weighted by Gasteiger charge is -2.05. The molecule has 25 heavy (non-hydrogen) atoms. The molecule has 0 atom stereocenters. The Morgan fingerprint density at radius 1 is 1.20 bits per heavy atom. The zero-order chi connectivity index (χ0) is 17.6. The van der Waals surface area contributed by atoms with Crippen LogP contribution >= 0.6 is 0 Å². The summed E-state index contributed by atoms with van der Waals surface area (Å²) in [5.41, 5.74) is 2.06. The summed E-state index contributed by atoms with van der Waals surface area (Å²) in [6, 6.07) is 8.85. The van der Waals surface area contributed by atoms with E-state index in [2.05, 4.69) is 20.3 Å². The molecule has 2 heterocycles. The van der Waals surface area contributed by atoms with Crippen LogP contribution in [0.1, 0.15) is 40.6 Å². The number of nitrogens with zero attached hydrogens (tertiary/aromatic N) is 2. The average Bonchev–Trinajstić information content (AvgIpc) is 3.05. The van der Waals surface area contributed by atoms with Crippen LogP contribution in [0.25, 0.3) is 11.0 Å². The van der Waals surface area contributed by atoms with Gasteiger partial charge in [-0.1, -0.05) is 31.5 Å². The number of H-pyrrole nitrogens is 1. The van der Waals surface area contributed by atoms with Gasteiger partial charge in [0, 0.05) is 11.8 Å². The molecule has 7 heteroatoms. The summed E-state index contributed by atoms with van der Waals surface area (Å²) in [5, 5.41) is 2.79. The molecular formula is C18H18N4O3. The van der Waals surface area contributed by atoms with Crippen molar-refractivity contribution in [3.63, 3.8) is 0 Å². The molecule has 3 rings (SSSR count). The number of aromatic nitrogens is 3. The fourth-order valence-electron chi connectivity index (χ4n) is 2.35. The first-order valence-corrected chi connectivity index (χ1v) is 8.06. The predicted molar refractivity (Wildman–Crippen MR) is 93.5 cm³/mol. The second-order valence-electron chi connectivity index (χ2n) is 5.46. The number of anilines is 1. The Morgan fingerprint density at radius 3 is 2.76 bits per heavy atom. The van der Waals surface area contributed by atoms with Gasteiger partial charge in [0.05, 0.1) is 12.3 Å². The van der Waals surface area contributed by atoms with Gasteiger partial charge in [0.1, 0.15) is 17.4 Å². The Bertz CT molecular complexity index is 890. The Balaban J connectivity index is 1.83. The fourth-order valence-corrected chi connectivity index (χ4v) is 2.35. The van der Waals surface area contributed by atoms with Crippen LogP contribution in [0.5, 0.6) is 0 Å². The number of esters is 1. The molecule has 0 aliphatic carbocycles. The molecule has 3 aromatic rings. The largest absolute Gasteiger partial charge is 0.461 e. The molecule has 1 aromatic carbocycles. The smallest absolute Gasteiger partial charge is 0.359 e. The highest BCUT2D eigenvalue weighted by Gasteiger charge is 2.18. The number of nitrogens with one attached hydrogen (secondary N) is 2. The van der Waals surface area contributed by atoms with E-state index in [1.54, 1.807) is 30.5 Å². The third kappa shape index (κ3) is 3.65. The number of carbonyl (C=O) groups excluding carboxylic acids is 2. The maximum atomic E-state index is 12.3. The van der Waals surface area contributed by atoms with Gasteiger partial charge >= 0.3 is 5.97 Å². The van der Waals surface area contributed by atoms with E-state index in [0.717, 1.165) is 12.8 Å². The van der Waals surface area contributed by atoms with Crippen LogP contribution in [0.15, 0.2) is 42.9 Å². The quantitative estimate of drug-likeness (QED) is 0.531. The van der Waals surface area contributed by atoms with E-state index >= 15 is 0 Å². The maximum Gasteiger partial charge on any atom is 0.359 e. The lowest BCUT2D eigenvalue weighted by atomic mass is 10.2. The SMILES string of the molecule is CCCCOC(=O)c1ncnc2c(NC(=O)c3ccccc3)c[nH]c12. The number of ether oxygens (including phenoxy) is 1. The molecule has 0 bridgehead atoms. The van der Waals surface area contributed by atoms with Crippen LogP contribution in [0, 0.1) is 0 Å². The zero-order valence-electron chi connectivity index (χ0n) is 13.8. The molecule has 1 amide bonds. The van der Waals surface area contributed by atoms with Crippen molar-refractivity contribution in [3.05, 3.63) is 54.1 Å². The zero-order valence-corrected chi connectivity index (χ0v) is 13.8. The predicted octanol–water partition coefficient (Wildman–Crippen LogP) is 3.17. The van der Waals surface area contributed by atoms with Crippen LogP contribution in [-0.2, 0) is 4.74 Å². The number of aromatic amines is 1. The average molecular weight is 338 g/mol. The van der Waals surface area contributed by atoms with Crippen molar-refractivity contribution in [2.45, 2.75) is 19.8 Å². The van der Waals surface area contributed by atoms with Crippen LogP contribution in [0.3, 0.4) is 0 Å². The van der Waals surface area contributed by atoms with E-state index in [4.69, 9.17) is 4.74 Å². The van der Waals surface area contributed by atoms with Crippen molar-refractivity contribution in [2.75, 3.05) is 11.9 Å². The number of hydrogen-bond acceptors (Lipinski definition) is 5. The van der Waals surface area contributed by atoms with Crippen molar-refractivity contribution in [1.82, 2.24) is 15.0 Å². The molecule has 0 radical (unpaired) electrons. The monoisotopic (exact) mass is 338 g/mol. The van der Waals surface area contributed by atoms with Crippen LogP contribution < -0.4 is 5.32 Å². The Labute approximate surface area is 144 Å². The highest BCUT2D eigenvalue weighted by molar-refractivity contribution is 6.10. The Kier molecular flexibility index (Phi) is 5.03. The van der Waals surface area contributed by atoms with Crippen molar-refractivity contribution in [2.24, 2.45) is 0 Å². The molecule has 2 aromatic heterocycles. The minimum Gasteiger partial charge on any atom is -0.461 e. The third-order valence-corrected chi connectivity index (χ3v) is 3.67. The number of unbranched alkanes of at least 4 members (excludes halogenated alkanes) is 1. The molecule has 0 spiro atoms. The number of amides is 1. The number of fused-ring (bicyclic) bond motifs is 1. The van der Waals surface area contributed by atoms with E-state index in [0.29, 0.717) is 28.9 Å². The van der Waals surface area contributed by atoms with Gasteiger partial charge in [0.2, 0.25) is 0 Å². The molecule has 2 N–H and O–H groups in total. The van der Waals surface area contributed by atoms with Crippen LogP contribution in [0.2, 0.25) is 0 Å². The minimum absolute atomic E-state index is 0.154. The van der Waals surface area contributed by atoms with Gasteiger partial charge in [-0.2, -0.15) is 0 Å². The standard InChI is InChI=1S/C18H18N4O3/c1-2-3-9-25-18(24)16-15-14(20-11-21-16)13(10-19-15)22-17(23)12-7-5-4-6-8-12/h4-8,10-11,19H,2-3,9H2,1H3,(H,22,23). The summed E-state index contributed by atoms with van der Waals surface area (Å²) in [5.74, 6) is -0.768. The van der Waals surface area contributed by atoms with E-state index in [9.17, 15) is 9.59 Å². The van der Waals surface area contributed by atoms with Gasteiger partial charge in [-0.25, -0.2) is 14.8 Å². The number of carbonyl (C=O) groups is 2. The minimum atomic E-state index is -0.511. The lowest BCUT2D eigenvalue weighted by molar-refractivity contribution is 0.0495. The first-order valence-electron chi connectivity index (χ1n) is 8.06. The molecule has 0 aliphatic heterocycles. The summed E-state index contributed by atoms with van der Waals surface area (Å²) >= 11 is 0. The fraction of sp³-hybridized carbons (Fsp3) is 0.222. The van der Waals surface area contributed by atoms with Gasteiger partial charge in [-0.15, -0.1) is 0 Å². The number of hydrogen-bond donors (Lipinski definition) is 2. The first-order chi connectivity index (χ1) is 12.2. The van der Waals surface area contributed by atoms with E-state index in [-0.39, 0.29) is 11.6 Å². The summed E-state index contributed by atoms with van der Waals surface area (Å²) < 4.78 is 5.20. The molecule has 128 valence electrons. The molecule has 0 fully saturated rings. The second-order valence-corrected chi connectivity index (χ2v) is 5.46. The lowest BCUT2D eigenvalue weighted by Crippen LogP contribution is -2.12. The van der Waals surface area contributed by atoms with Crippen molar-refractivity contribution >= 4 is 28.6 Å². The first kappa shape index (κ1) is 16.6. The van der Waals surface area contributed by atoms with Gasteiger partial charge in [-0.3, -0.25) is 4.79 Å². The summed E-state index contributed by atoms with van der Waals surface area (Å²) in [7, 11) is 0. The van der Waals surface area contributed by atoms with E-state index in [1.807, 2.05) is 13.0 Å². The molecular weight excluding hydrogens is 320 g/mol. The Hall–Kier alpha value is -3.22. The van der Waals surface area contributed by atoms with Gasteiger partial charge in [0.15, 0.2) is 5.69 Å². The molecule has 7 nitrogen and oxygen atoms in total. The molecule has 0 saturated heterocycles. The van der Waals surface area contributed by atoms with E-state index < -0.39 is 5.97 Å². The van der Waals surface area contributed by atoms with Crippen molar-refractivity contribution in [1.29, 1.82) is 0 Å².